The van der Waals surface area contributed by atoms with Crippen molar-refractivity contribution in [3.63, 3.8) is 0 Å². The molecule has 6 nitrogen and oxygen atoms in total. The van der Waals surface area contributed by atoms with E-state index in [2.05, 4.69) is 4.72 Å². The number of nitrogens with zero attached hydrogens (tertiary/aromatic N) is 3. The molecule has 2 heterocycles. The van der Waals surface area contributed by atoms with E-state index in [-0.39, 0.29) is 11.7 Å². The van der Waals surface area contributed by atoms with Gasteiger partial charge >= 0.3 is 0 Å². The van der Waals surface area contributed by atoms with Crippen molar-refractivity contribution in [3.8, 4) is 11.1 Å². The lowest BCUT2D eigenvalue weighted by Crippen LogP contribution is -2.25. The van der Waals surface area contributed by atoms with Crippen LogP contribution in [0.15, 0.2) is 48.9 Å². The molecule has 0 aliphatic carbocycles. The highest BCUT2D eigenvalue weighted by Gasteiger charge is 2.14. The third-order valence-electron chi connectivity index (χ3n) is 4.42. The Kier molecular flexibility index (Phi) is 4.93. The summed E-state index contributed by atoms with van der Waals surface area (Å²) in [6.07, 6.45) is 6.12. The van der Waals surface area contributed by atoms with E-state index in [4.69, 9.17) is 0 Å². The van der Waals surface area contributed by atoms with Crippen LogP contribution in [0.4, 0.5) is 0 Å². The van der Waals surface area contributed by atoms with Crippen molar-refractivity contribution < 1.29 is 17.8 Å². The maximum absolute atomic E-state index is 12.0. The van der Waals surface area contributed by atoms with Gasteiger partial charge in [-0.15, -0.1) is 0 Å². The standard InChI is InChI=1S/C19H21N3O3S/c1-14(23)22-13-18(16-6-9-21(3)10-7-16)17-12-15(4-5-19(17)22)8-11-26(24,25)20-2/h4-7,9-10,12-13H,8,11H2,1-3H3. The number of pyridine rings is 1. The van der Waals surface area contributed by atoms with Gasteiger partial charge in [0.15, 0.2) is 12.4 Å². The lowest BCUT2D eigenvalue weighted by Gasteiger charge is -2.13. The van der Waals surface area contributed by atoms with E-state index in [0.29, 0.717) is 6.42 Å². The van der Waals surface area contributed by atoms with E-state index in [1.807, 2.05) is 60.5 Å². The van der Waals surface area contributed by atoms with Crippen LogP contribution < -0.4 is 4.57 Å². The largest absolute Gasteiger partial charge is 0.552 e. The van der Waals surface area contributed by atoms with E-state index in [1.165, 1.54) is 14.0 Å². The second-order valence-corrected chi connectivity index (χ2v) is 8.19. The first-order valence-corrected chi connectivity index (χ1v) is 9.86. The number of hydrogen-bond acceptors (Lipinski definition) is 3. The molecule has 0 amide bonds. The predicted octanol–water partition coefficient (Wildman–Crippen LogP) is 2.67. The quantitative estimate of drug-likeness (QED) is 0.647. The molecule has 0 atom stereocenters. The van der Waals surface area contributed by atoms with Crippen molar-refractivity contribution in [3.05, 3.63) is 59.2 Å². The average Bonchev–Trinajstić information content (AvgIpc) is 3.00. The number of sulfonamides is 1. The van der Waals surface area contributed by atoms with Gasteiger partial charge in [0.25, 0.3) is 0 Å². The summed E-state index contributed by atoms with van der Waals surface area (Å²) in [7, 11) is -0.148. The van der Waals surface area contributed by atoms with E-state index >= 15 is 0 Å². The van der Waals surface area contributed by atoms with Crippen molar-refractivity contribution in [2.75, 3.05) is 12.8 Å². The Balaban J connectivity index is 2.10. The normalized spacial score (nSPS) is 11.8. The smallest absolute Gasteiger partial charge is 0.227 e. The molecule has 0 aliphatic heterocycles. The lowest BCUT2D eigenvalue weighted by atomic mass is 10.0. The molecule has 7 heteroatoms. The Bertz CT molecular complexity index is 1070. The van der Waals surface area contributed by atoms with Crippen molar-refractivity contribution in [2.45, 2.75) is 13.3 Å². The van der Waals surface area contributed by atoms with Gasteiger partial charge in [-0.1, -0.05) is 6.07 Å². The van der Waals surface area contributed by atoms with E-state index in [1.54, 1.807) is 4.57 Å². The number of aromatic nitrogens is 2. The second-order valence-electron chi connectivity index (χ2n) is 6.25. The summed E-state index contributed by atoms with van der Waals surface area (Å²) in [6, 6.07) is 9.68. The fourth-order valence-corrected chi connectivity index (χ4v) is 3.62. The topological polar surface area (TPSA) is 74.1 Å². The van der Waals surface area contributed by atoms with Crippen molar-refractivity contribution in [1.29, 1.82) is 0 Å². The SMILES string of the molecule is C[N-]S(=O)(=O)CCc1ccc2c(c1)c(-c1cc[n+](C)cc1)cn2C(C)=O. The molecule has 0 saturated heterocycles. The van der Waals surface area contributed by atoms with Gasteiger partial charge in [0, 0.05) is 42.0 Å². The van der Waals surface area contributed by atoms with Crippen LogP contribution in [-0.2, 0) is 23.5 Å². The van der Waals surface area contributed by atoms with Crippen molar-refractivity contribution in [1.82, 2.24) is 4.57 Å². The van der Waals surface area contributed by atoms with Crippen LogP contribution >= 0.6 is 0 Å². The highest BCUT2D eigenvalue weighted by molar-refractivity contribution is 7.93. The molecule has 0 fully saturated rings. The van der Waals surface area contributed by atoms with Crippen LogP contribution in [0.25, 0.3) is 26.8 Å². The molecule has 0 aliphatic rings. The van der Waals surface area contributed by atoms with Gasteiger partial charge in [0.2, 0.25) is 5.91 Å². The van der Waals surface area contributed by atoms with Crippen LogP contribution in [0.1, 0.15) is 17.3 Å². The molecule has 0 N–H and O–H groups in total. The molecular weight excluding hydrogens is 350 g/mol. The van der Waals surface area contributed by atoms with Crippen LogP contribution in [0.3, 0.4) is 0 Å². The van der Waals surface area contributed by atoms with Gasteiger partial charge in [0.1, 0.15) is 7.05 Å². The molecule has 0 bridgehead atoms. The highest BCUT2D eigenvalue weighted by atomic mass is 32.2. The maximum Gasteiger partial charge on any atom is 0.227 e. The molecule has 0 radical (unpaired) electrons. The predicted molar refractivity (Wildman–Crippen MR) is 102 cm³/mol. The van der Waals surface area contributed by atoms with Gasteiger partial charge < -0.3 is 4.72 Å². The van der Waals surface area contributed by atoms with Crippen LogP contribution in [0.5, 0.6) is 0 Å². The molecule has 26 heavy (non-hydrogen) atoms. The number of hydrogen-bond donors (Lipinski definition) is 0. The first kappa shape index (κ1) is 18.3. The van der Waals surface area contributed by atoms with E-state index in [0.717, 1.165) is 27.6 Å². The molecule has 0 unspecified atom stereocenters. The monoisotopic (exact) mass is 371 g/mol. The summed E-state index contributed by atoms with van der Waals surface area (Å²) in [5, 5.41) is 0.928. The summed E-state index contributed by atoms with van der Waals surface area (Å²) in [5.74, 6) is -0.0956. The summed E-state index contributed by atoms with van der Waals surface area (Å²) in [5.41, 5.74) is 3.66. The Morgan fingerprint density at radius 1 is 1.19 bits per heavy atom. The number of benzene rings is 1. The molecule has 3 rings (SSSR count). The first-order valence-electron chi connectivity index (χ1n) is 8.25. The minimum atomic E-state index is -3.38. The fraction of sp³-hybridized carbons (Fsp3) is 0.263. The average molecular weight is 371 g/mol. The zero-order valence-electron chi connectivity index (χ0n) is 15.0. The summed E-state index contributed by atoms with van der Waals surface area (Å²) < 4.78 is 30.3. The number of carbonyl (C=O) groups excluding carboxylic acids is 1. The highest BCUT2D eigenvalue weighted by Crippen LogP contribution is 2.31. The van der Waals surface area contributed by atoms with E-state index < -0.39 is 10.0 Å². The van der Waals surface area contributed by atoms with Crippen molar-refractivity contribution in [2.24, 2.45) is 7.05 Å². The minimum Gasteiger partial charge on any atom is -0.552 e. The van der Waals surface area contributed by atoms with Crippen LogP contribution in [0, 0.1) is 0 Å². The molecule has 1 aromatic carbocycles. The third-order valence-corrected chi connectivity index (χ3v) is 5.70. The molecule has 0 saturated carbocycles. The van der Waals surface area contributed by atoms with Gasteiger partial charge in [-0.05, 0) is 29.7 Å². The van der Waals surface area contributed by atoms with Gasteiger partial charge in [-0.3, -0.25) is 9.36 Å². The van der Waals surface area contributed by atoms with E-state index in [9.17, 15) is 13.2 Å². The molecule has 3 aromatic rings. The summed E-state index contributed by atoms with van der Waals surface area (Å²) >= 11 is 0. The van der Waals surface area contributed by atoms with Crippen LogP contribution in [-0.4, -0.2) is 31.7 Å². The van der Waals surface area contributed by atoms with Crippen molar-refractivity contribution >= 4 is 26.8 Å². The summed E-state index contributed by atoms with van der Waals surface area (Å²) in [6.45, 7) is 1.53. The number of carbonyl (C=O) groups is 1. The van der Waals surface area contributed by atoms with Gasteiger partial charge in [-0.25, -0.2) is 13.0 Å². The Hall–Kier alpha value is -2.51. The minimum absolute atomic E-state index is 0.0288. The molecule has 2 aromatic heterocycles. The van der Waals surface area contributed by atoms with Crippen LogP contribution in [0.2, 0.25) is 0 Å². The Morgan fingerprint density at radius 2 is 1.88 bits per heavy atom. The number of rotatable bonds is 5. The zero-order chi connectivity index (χ0) is 18.9. The summed E-state index contributed by atoms with van der Waals surface area (Å²) in [4.78, 5) is 12.0. The maximum atomic E-state index is 12.0. The number of fused-ring (bicyclic) bond motifs is 1. The lowest BCUT2D eigenvalue weighted by molar-refractivity contribution is -0.671. The Morgan fingerprint density at radius 3 is 2.50 bits per heavy atom. The number of aryl methyl sites for hydroxylation is 2. The second kappa shape index (κ2) is 7.01. The van der Waals surface area contributed by atoms with Gasteiger partial charge in [-0.2, -0.15) is 7.05 Å². The Labute approximate surface area is 153 Å². The molecule has 136 valence electrons. The fourth-order valence-electron chi connectivity index (χ4n) is 2.94. The molecule has 0 spiro atoms. The zero-order valence-corrected chi connectivity index (χ0v) is 15.8. The van der Waals surface area contributed by atoms with Gasteiger partial charge in [0.05, 0.1) is 15.5 Å². The third kappa shape index (κ3) is 3.68. The molecular formula is C19H21N3O3S. The first-order chi connectivity index (χ1) is 12.3.